The Kier molecular flexibility index (Phi) is 9.00. The maximum atomic E-state index is 11.0. The zero-order valence-corrected chi connectivity index (χ0v) is 21.3. The Labute approximate surface area is 210 Å². The molecule has 0 radical (unpaired) electrons. The van der Waals surface area contributed by atoms with Crippen LogP contribution in [0.1, 0.15) is 44.0 Å². The van der Waals surface area contributed by atoms with E-state index in [1.165, 1.54) is 0 Å². The van der Waals surface area contributed by atoms with Crippen molar-refractivity contribution in [2.75, 3.05) is 13.7 Å². The highest BCUT2D eigenvalue weighted by molar-refractivity contribution is 5.78. The number of nitrogens with two attached hydrogens (primary N) is 1. The van der Waals surface area contributed by atoms with Crippen LogP contribution in [0.3, 0.4) is 0 Å². The van der Waals surface area contributed by atoms with Crippen LogP contribution in [-0.2, 0) is 17.6 Å². The minimum absolute atomic E-state index is 0.0908. The van der Waals surface area contributed by atoms with Crippen molar-refractivity contribution in [1.82, 2.24) is 15.1 Å². The monoisotopic (exact) mass is 498 g/mol. The molecular formula is C26H34N4O6. The summed E-state index contributed by atoms with van der Waals surface area (Å²) in [6.45, 7) is 8.03. The average molecular weight is 499 g/mol. The number of rotatable bonds is 12. The summed E-state index contributed by atoms with van der Waals surface area (Å²) in [5, 5.41) is 23.8. The second-order valence-corrected chi connectivity index (χ2v) is 9.16. The highest BCUT2D eigenvalue weighted by atomic mass is 16.5. The van der Waals surface area contributed by atoms with E-state index in [0.717, 1.165) is 34.4 Å². The second-order valence-electron chi connectivity index (χ2n) is 9.16. The molecule has 2 atom stereocenters. The van der Waals surface area contributed by atoms with Crippen molar-refractivity contribution in [1.29, 1.82) is 0 Å². The Bertz CT molecular complexity index is 1190. The van der Waals surface area contributed by atoms with Gasteiger partial charge in [-0.15, -0.1) is 0 Å². The fraction of sp³-hybridized carbons (Fsp3) is 0.462. The molecule has 2 aromatic heterocycles. The number of aryl methyl sites for hydroxylation is 2. The summed E-state index contributed by atoms with van der Waals surface area (Å²) in [6, 6.07) is 7.49. The molecule has 0 fully saturated rings. The highest BCUT2D eigenvalue weighted by Crippen LogP contribution is 2.32. The van der Waals surface area contributed by atoms with Crippen LogP contribution >= 0.6 is 0 Å². The van der Waals surface area contributed by atoms with Gasteiger partial charge in [-0.3, -0.25) is 4.79 Å². The van der Waals surface area contributed by atoms with Crippen molar-refractivity contribution < 1.29 is 29.0 Å². The molecule has 4 N–H and O–H groups in total. The van der Waals surface area contributed by atoms with E-state index < -0.39 is 18.1 Å². The molecule has 0 spiro atoms. The van der Waals surface area contributed by atoms with Gasteiger partial charge in [0.1, 0.15) is 18.5 Å². The summed E-state index contributed by atoms with van der Waals surface area (Å²) in [5.41, 5.74) is 9.14. The first kappa shape index (κ1) is 27.1. The number of hydrogen-bond acceptors (Lipinski definition) is 9. The van der Waals surface area contributed by atoms with E-state index in [1.807, 2.05) is 32.0 Å². The Hall–Kier alpha value is -3.50. The van der Waals surface area contributed by atoms with E-state index in [4.69, 9.17) is 19.7 Å². The minimum Gasteiger partial charge on any atom is -0.490 e. The first-order chi connectivity index (χ1) is 17.1. The Morgan fingerprint density at radius 1 is 1.14 bits per heavy atom. The number of amides is 1. The Balaban J connectivity index is 1.83. The molecule has 0 saturated carbocycles. The molecule has 0 bridgehead atoms. The summed E-state index contributed by atoms with van der Waals surface area (Å²) in [5.74, 6) is 1.45. The van der Waals surface area contributed by atoms with Crippen LogP contribution in [0.25, 0.3) is 22.8 Å². The number of carbonyl (C=O) groups excluding carboxylic acids is 1. The van der Waals surface area contributed by atoms with Gasteiger partial charge in [-0.25, -0.2) is 4.98 Å². The van der Waals surface area contributed by atoms with Gasteiger partial charge in [-0.05, 0) is 55.0 Å². The third kappa shape index (κ3) is 6.79. The molecule has 194 valence electrons. The quantitative estimate of drug-likeness (QED) is 0.342. The van der Waals surface area contributed by atoms with Gasteiger partial charge in [0.05, 0.1) is 13.2 Å². The van der Waals surface area contributed by atoms with Gasteiger partial charge in [0.2, 0.25) is 17.6 Å². The molecule has 10 heteroatoms. The van der Waals surface area contributed by atoms with E-state index >= 15 is 0 Å². The van der Waals surface area contributed by atoms with Crippen LogP contribution in [0.4, 0.5) is 0 Å². The van der Waals surface area contributed by atoms with E-state index in [-0.39, 0.29) is 13.0 Å². The number of ether oxygens (including phenoxy) is 2. The van der Waals surface area contributed by atoms with Crippen LogP contribution in [0.5, 0.6) is 11.6 Å². The third-order valence-electron chi connectivity index (χ3n) is 5.59. The lowest BCUT2D eigenvalue weighted by Gasteiger charge is -2.18. The summed E-state index contributed by atoms with van der Waals surface area (Å²) in [7, 11) is 1.57. The number of hydrogen-bond donors (Lipinski definition) is 3. The lowest BCUT2D eigenvalue weighted by Crippen LogP contribution is -2.33. The largest absolute Gasteiger partial charge is 0.490 e. The lowest BCUT2D eigenvalue weighted by molar-refractivity contribution is -0.127. The molecule has 3 rings (SSSR count). The first-order valence-corrected chi connectivity index (χ1v) is 11.9. The summed E-state index contributed by atoms with van der Waals surface area (Å²) >= 11 is 0. The van der Waals surface area contributed by atoms with Gasteiger partial charge < -0.3 is 29.9 Å². The predicted molar refractivity (Wildman–Crippen MR) is 133 cm³/mol. The molecule has 36 heavy (non-hydrogen) atoms. The SMILES string of the molecule is CCc1cc(-c2noc(-c3cc(CC(C)C)nc(OC)c3)n2)cc(C)c1OC[C@@H](O)CC(O)C(N)=O. The molecule has 0 aliphatic heterocycles. The predicted octanol–water partition coefficient (Wildman–Crippen LogP) is 2.85. The smallest absolute Gasteiger partial charge is 0.258 e. The number of aromatic nitrogens is 3. The summed E-state index contributed by atoms with van der Waals surface area (Å²) in [4.78, 5) is 20.1. The molecule has 1 aromatic carbocycles. The molecule has 0 aliphatic rings. The fourth-order valence-corrected chi connectivity index (χ4v) is 3.84. The number of nitrogens with zero attached hydrogens (tertiary/aromatic N) is 3. The van der Waals surface area contributed by atoms with E-state index in [2.05, 4.69) is 29.0 Å². The number of methoxy groups -OCH3 is 1. The van der Waals surface area contributed by atoms with Crippen molar-refractivity contribution >= 4 is 5.91 Å². The maximum absolute atomic E-state index is 11.0. The lowest BCUT2D eigenvalue weighted by atomic mass is 10.0. The van der Waals surface area contributed by atoms with Gasteiger partial charge in [-0.2, -0.15) is 4.98 Å². The van der Waals surface area contributed by atoms with Crippen LogP contribution < -0.4 is 15.2 Å². The Morgan fingerprint density at radius 2 is 1.89 bits per heavy atom. The zero-order chi connectivity index (χ0) is 26.4. The standard InChI is InChI=1S/C26H34N4O6/c1-6-16-9-17(8-15(4)23(16)35-13-20(31)12-21(32)24(27)33)25-29-26(36-30-25)18-10-19(7-14(2)3)28-22(11-18)34-5/h8-11,14,20-21,31-32H,6-7,12-13H2,1-5H3,(H2,27,33)/t20-,21?/m0/s1. The topological polar surface area (TPSA) is 154 Å². The van der Waals surface area contributed by atoms with Crippen molar-refractivity contribution in [3.63, 3.8) is 0 Å². The first-order valence-electron chi connectivity index (χ1n) is 11.9. The van der Waals surface area contributed by atoms with Gasteiger partial charge >= 0.3 is 0 Å². The van der Waals surface area contributed by atoms with Gasteiger partial charge in [0, 0.05) is 29.3 Å². The fourth-order valence-electron chi connectivity index (χ4n) is 3.84. The number of pyridine rings is 1. The second kappa shape index (κ2) is 12.0. The maximum Gasteiger partial charge on any atom is 0.258 e. The molecule has 0 saturated heterocycles. The molecule has 0 aliphatic carbocycles. The minimum atomic E-state index is -1.42. The average Bonchev–Trinajstić information content (AvgIpc) is 3.32. The van der Waals surface area contributed by atoms with Crippen molar-refractivity contribution in [3.05, 3.63) is 41.1 Å². The normalized spacial score (nSPS) is 13.0. The van der Waals surface area contributed by atoms with Crippen molar-refractivity contribution in [2.45, 2.75) is 59.2 Å². The molecular weight excluding hydrogens is 464 g/mol. The number of carbonyl (C=O) groups is 1. The highest BCUT2D eigenvalue weighted by Gasteiger charge is 2.20. The Morgan fingerprint density at radius 3 is 2.53 bits per heavy atom. The number of aliphatic hydroxyl groups is 2. The number of benzene rings is 1. The van der Waals surface area contributed by atoms with Gasteiger partial charge in [0.15, 0.2) is 0 Å². The molecule has 1 amide bonds. The number of aliphatic hydroxyl groups excluding tert-OH is 2. The van der Waals surface area contributed by atoms with Crippen LogP contribution in [0.15, 0.2) is 28.8 Å². The molecule has 2 heterocycles. The third-order valence-corrected chi connectivity index (χ3v) is 5.59. The number of primary amides is 1. The van der Waals surface area contributed by atoms with Gasteiger partial charge in [-0.1, -0.05) is 25.9 Å². The molecule has 1 unspecified atom stereocenters. The van der Waals surface area contributed by atoms with E-state index in [9.17, 15) is 15.0 Å². The summed E-state index contributed by atoms with van der Waals surface area (Å²) in [6.07, 6.45) is -1.21. The van der Waals surface area contributed by atoms with E-state index in [1.54, 1.807) is 13.2 Å². The molecule has 3 aromatic rings. The van der Waals surface area contributed by atoms with Crippen LogP contribution in [0, 0.1) is 12.8 Å². The van der Waals surface area contributed by atoms with E-state index in [0.29, 0.717) is 35.7 Å². The van der Waals surface area contributed by atoms with Crippen molar-refractivity contribution in [2.24, 2.45) is 11.7 Å². The van der Waals surface area contributed by atoms with Crippen LogP contribution in [-0.4, -0.2) is 57.2 Å². The summed E-state index contributed by atoms with van der Waals surface area (Å²) < 4.78 is 16.8. The molecule has 10 nitrogen and oxygen atoms in total. The van der Waals surface area contributed by atoms with Crippen LogP contribution in [0.2, 0.25) is 0 Å². The zero-order valence-electron chi connectivity index (χ0n) is 21.3. The van der Waals surface area contributed by atoms with Crippen molar-refractivity contribution in [3.8, 4) is 34.5 Å². The van der Waals surface area contributed by atoms with Gasteiger partial charge in [0.25, 0.3) is 5.89 Å².